The number of nitro groups is 1. The van der Waals surface area contributed by atoms with Gasteiger partial charge in [-0.15, -0.1) is 0 Å². The Morgan fingerprint density at radius 2 is 2.27 bits per heavy atom. The van der Waals surface area contributed by atoms with E-state index in [0.717, 1.165) is 6.07 Å². The van der Waals surface area contributed by atoms with Crippen molar-refractivity contribution in [1.82, 2.24) is 5.32 Å². The lowest BCUT2D eigenvalue weighted by Gasteiger charge is -1.96. The predicted octanol–water partition coefficient (Wildman–Crippen LogP) is 1.97. The van der Waals surface area contributed by atoms with Crippen molar-refractivity contribution in [3.63, 3.8) is 0 Å². The molecular formula is C10H11FN2O2. The van der Waals surface area contributed by atoms with Gasteiger partial charge in [0.25, 0.3) is 5.69 Å². The number of rotatable bonds is 4. The van der Waals surface area contributed by atoms with E-state index in [4.69, 9.17) is 0 Å². The summed E-state index contributed by atoms with van der Waals surface area (Å²) in [5.41, 5.74) is 0.246. The molecule has 0 amide bonds. The zero-order valence-electron chi connectivity index (χ0n) is 8.24. The summed E-state index contributed by atoms with van der Waals surface area (Å²) in [6, 6.07) is 3.48. The Kier molecular flexibility index (Phi) is 3.93. The van der Waals surface area contributed by atoms with Gasteiger partial charge in [-0.25, -0.2) is 4.39 Å². The molecule has 0 saturated carbocycles. The summed E-state index contributed by atoms with van der Waals surface area (Å²) in [5, 5.41) is 13.3. The Hall–Kier alpha value is -1.75. The van der Waals surface area contributed by atoms with E-state index in [2.05, 4.69) is 5.32 Å². The first-order chi connectivity index (χ1) is 7.13. The standard InChI is InChI=1S/C10H11FN2O2/c1-12-4-2-3-8-5-9(11)7-10(6-8)13(14)15/h2-3,5-7,12H,4H2,1H3. The molecule has 0 atom stereocenters. The topological polar surface area (TPSA) is 55.2 Å². The highest BCUT2D eigenvalue weighted by Gasteiger charge is 2.07. The second kappa shape index (κ2) is 5.21. The summed E-state index contributed by atoms with van der Waals surface area (Å²) in [5.74, 6) is -0.603. The van der Waals surface area contributed by atoms with Crippen LogP contribution in [0.5, 0.6) is 0 Å². The second-order valence-corrected chi connectivity index (χ2v) is 2.96. The molecule has 0 bridgehead atoms. The van der Waals surface area contributed by atoms with Gasteiger partial charge in [-0.05, 0) is 18.7 Å². The summed E-state index contributed by atoms with van der Waals surface area (Å²) < 4.78 is 12.9. The van der Waals surface area contributed by atoms with Crippen LogP contribution in [0.15, 0.2) is 24.3 Å². The smallest absolute Gasteiger partial charge is 0.272 e. The molecule has 0 aliphatic rings. The maximum absolute atomic E-state index is 12.9. The molecule has 80 valence electrons. The SMILES string of the molecule is CNCC=Cc1cc(F)cc([N+](=O)[O-])c1. The Bertz CT molecular complexity index is 391. The third kappa shape index (κ3) is 3.47. The van der Waals surface area contributed by atoms with Crippen LogP contribution in [0.3, 0.4) is 0 Å². The van der Waals surface area contributed by atoms with E-state index in [1.807, 2.05) is 0 Å². The van der Waals surface area contributed by atoms with Crippen molar-refractivity contribution in [2.45, 2.75) is 0 Å². The molecule has 0 aromatic heterocycles. The van der Waals surface area contributed by atoms with Gasteiger partial charge in [-0.1, -0.05) is 12.2 Å². The molecule has 5 heteroatoms. The number of nitrogens with zero attached hydrogens (tertiary/aromatic N) is 1. The lowest BCUT2D eigenvalue weighted by atomic mass is 10.2. The van der Waals surface area contributed by atoms with Crippen molar-refractivity contribution in [2.75, 3.05) is 13.6 Å². The zero-order valence-corrected chi connectivity index (χ0v) is 8.24. The molecule has 1 N–H and O–H groups in total. The fraction of sp³-hybridized carbons (Fsp3) is 0.200. The average Bonchev–Trinajstić information content (AvgIpc) is 2.17. The van der Waals surface area contributed by atoms with E-state index in [9.17, 15) is 14.5 Å². The van der Waals surface area contributed by atoms with E-state index in [1.165, 1.54) is 12.1 Å². The molecule has 0 heterocycles. The van der Waals surface area contributed by atoms with Crippen LogP contribution in [-0.4, -0.2) is 18.5 Å². The van der Waals surface area contributed by atoms with E-state index >= 15 is 0 Å². The first kappa shape index (κ1) is 11.3. The number of nitro benzene ring substituents is 1. The highest BCUT2D eigenvalue weighted by Crippen LogP contribution is 2.17. The minimum absolute atomic E-state index is 0.237. The van der Waals surface area contributed by atoms with Crippen molar-refractivity contribution in [2.24, 2.45) is 0 Å². The summed E-state index contributed by atoms with van der Waals surface area (Å²) in [6.07, 6.45) is 3.39. The van der Waals surface area contributed by atoms with Gasteiger partial charge >= 0.3 is 0 Å². The van der Waals surface area contributed by atoms with Crippen LogP contribution in [0.1, 0.15) is 5.56 Å². The predicted molar refractivity (Wildman–Crippen MR) is 56.0 cm³/mol. The first-order valence-electron chi connectivity index (χ1n) is 4.39. The summed E-state index contributed by atoms with van der Waals surface area (Å²) in [7, 11) is 1.78. The Labute approximate surface area is 86.6 Å². The fourth-order valence-corrected chi connectivity index (χ4v) is 1.11. The number of hydrogen-bond donors (Lipinski definition) is 1. The molecule has 1 aromatic rings. The van der Waals surface area contributed by atoms with Crippen LogP contribution in [0.4, 0.5) is 10.1 Å². The van der Waals surface area contributed by atoms with E-state index in [0.29, 0.717) is 12.1 Å². The van der Waals surface area contributed by atoms with Crippen LogP contribution in [0.25, 0.3) is 6.08 Å². The molecule has 0 aliphatic heterocycles. The Morgan fingerprint density at radius 3 is 2.87 bits per heavy atom. The van der Waals surface area contributed by atoms with Crippen molar-refractivity contribution in [1.29, 1.82) is 0 Å². The van der Waals surface area contributed by atoms with Crippen molar-refractivity contribution in [3.05, 3.63) is 45.8 Å². The fourth-order valence-electron chi connectivity index (χ4n) is 1.11. The lowest BCUT2D eigenvalue weighted by Crippen LogP contribution is -2.03. The summed E-state index contributed by atoms with van der Waals surface area (Å²) in [6.45, 7) is 0.629. The molecule has 4 nitrogen and oxygen atoms in total. The van der Waals surface area contributed by atoms with Gasteiger partial charge < -0.3 is 5.32 Å². The van der Waals surface area contributed by atoms with E-state index in [1.54, 1.807) is 19.2 Å². The van der Waals surface area contributed by atoms with Gasteiger partial charge in [-0.2, -0.15) is 0 Å². The molecule has 1 rings (SSSR count). The minimum atomic E-state index is -0.613. The highest BCUT2D eigenvalue weighted by molar-refractivity contribution is 5.53. The molecule has 1 aromatic carbocycles. The van der Waals surface area contributed by atoms with E-state index < -0.39 is 10.7 Å². The van der Waals surface area contributed by atoms with Gasteiger partial charge in [0.05, 0.1) is 11.0 Å². The number of non-ortho nitro benzene ring substituents is 1. The van der Waals surface area contributed by atoms with Gasteiger partial charge in [0.1, 0.15) is 5.82 Å². The maximum Gasteiger partial charge on any atom is 0.272 e. The van der Waals surface area contributed by atoms with Crippen molar-refractivity contribution in [3.8, 4) is 0 Å². The quantitative estimate of drug-likeness (QED) is 0.610. The van der Waals surface area contributed by atoms with E-state index in [-0.39, 0.29) is 5.69 Å². The number of nitrogens with one attached hydrogen (secondary N) is 1. The van der Waals surface area contributed by atoms with Crippen LogP contribution in [0, 0.1) is 15.9 Å². The largest absolute Gasteiger partial charge is 0.316 e. The molecule has 0 spiro atoms. The maximum atomic E-state index is 12.9. The average molecular weight is 210 g/mol. The van der Waals surface area contributed by atoms with Gasteiger partial charge in [-0.3, -0.25) is 10.1 Å². The monoisotopic (exact) mass is 210 g/mol. The molecule has 15 heavy (non-hydrogen) atoms. The first-order valence-corrected chi connectivity index (χ1v) is 4.39. The normalized spacial score (nSPS) is 10.8. The highest BCUT2D eigenvalue weighted by atomic mass is 19.1. The number of benzene rings is 1. The Balaban J connectivity index is 2.93. The van der Waals surface area contributed by atoms with Crippen LogP contribution in [-0.2, 0) is 0 Å². The summed E-state index contributed by atoms with van der Waals surface area (Å²) in [4.78, 5) is 9.83. The van der Waals surface area contributed by atoms with Gasteiger partial charge in [0.2, 0.25) is 0 Å². The zero-order chi connectivity index (χ0) is 11.3. The molecule has 0 fully saturated rings. The van der Waals surface area contributed by atoms with Crippen LogP contribution in [0.2, 0.25) is 0 Å². The molecule has 0 saturated heterocycles. The molecule has 0 unspecified atom stereocenters. The third-order valence-electron chi connectivity index (χ3n) is 1.75. The van der Waals surface area contributed by atoms with Crippen LogP contribution < -0.4 is 5.32 Å². The Morgan fingerprint density at radius 1 is 1.53 bits per heavy atom. The van der Waals surface area contributed by atoms with Crippen molar-refractivity contribution < 1.29 is 9.31 Å². The number of halogens is 1. The molecule has 0 aliphatic carbocycles. The van der Waals surface area contributed by atoms with Crippen LogP contribution >= 0.6 is 0 Å². The molecular weight excluding hydrogens is 199 g/mol. The molecule has 0 radical (unpaired) electrons. The minimum Gasteiger partial charge on any atom is -0.316 e. The lowest BCUT2D eigenvalue weighted by molar-refractivity contribution is -0.385. The van der Waals surface area contributed by atoms with Gasteiger partial charge in [0, 0.05) is 12.6 Å². The summed E-state index contributed by atoms with van der Waals surface area (Å²) >= 11 is 0. The number of hydrogen-bond acceptors (Lipinski definition) is 3. The van der Waals surface area contributed by atoms with Gasteiger partial charge in [0.15, 0.2) is 0 Å². The van der Waals surface area contributed by atoms with Crippen molar-refractivity contribution >= 4 is 11.8 Å². The second-order valence-electron chi connectivity index (χ2n) is 2.96. The third-order valence-corrected chi connectivity index (χ3v) is 1.75. The number of likely N-dealkylation sites (N-methyl/N-ethyl adjacent to an activating group) is 1.